The minimum Gasteiger partial charge on any atom is -0.408 e. The Morgan fingerprint density at radius 2 is 2.00 bits per heavy atom. The van der Waals surface area contributed by atoms with E-state index in [1.807, 2.05) is 43.3 Å². The van der Waals surface area contributed by atoms with Gasteiger partial charge in [-0.15, -0.1) is 0 Å². The van der Waals surface area contributed by atoms with Crippen molar-refractivity contribution in [2.24, 2.45) is 7.05 Å². The third-order valence-corrected chi connectivity index (χ3v) is 4.20. The molecule has 124 valence electrons. The second-order valence-electron chi connectivity index (χ2n) is 5.93. The van der Waals surface area contributed by atoms with Crippen molar-refractivity contribution in [3.05, 3.63) is 69.7 Å². The van der Waals surface area contributed by atoms with Gasteiger partial charge in [0.05, 0.1) is 11.9 Å². The van der Waals surface area contributed by atoms with Gasteiger partial charge in [-0.05, 0) is 42.2 Å². The van der Waals surface area contributed by atoms with Crippen molar-refractivity contribution in [3.63, 3.8) is 0 Å². The molecule has 0 aliphatic carbocycles. The maximum Gasteiger partial charge on any atom is 0.419 e. The Labute approximate surface area is 139 Å². The number of oxazole rings is 1. The van der Waals surface area contributed by atoms with E-state index in [1.165, 1.54) is 4.57 Å². The molecule has 0 bridgehead atoms. The van der Waals surface area contributed by atoms with Crippen LogP contribution in [-0.2, 0) is 24.7 Å². The molecule has 1 N–H and O–H groups in total. The molecule has 0 atom stereocenters. The van der Waals surface area contributed by atoms with Crippen LogP contribution in [-0.4, -0.2) is 17.0 Å². The van der Waals surface area contributed by atoms with E-state index in [2.05, 4.69) is 5.32 Å². The average molecular weight is 324 g/mol. The molecule has 2 aromatic carbocycles. The lowest BCUT2D eigenvalue weighted by Crippen LogP contribution is -2.27. The number of aryl methyl sites for hydroxylation is 2. The van der Waals surface area contributed by atoms with Crippen molar-refractivity contribution >= 4 is 17.0 Å². The molecule has 1 heterocycles. The molecule has 3 rings (SSSR count). The number of hydrogen-bond acceptors (Lipinski definition) is 3. The standard InChI is InChI=1S/C19H20N2O3/c1-13-5-3-4-6-15(13)12-18(22)20-10-9-14-7-8-17-16(11-14)21(2)19(23)24-17/h3-8,11H,9-10,12H2,1-2H3,(H,20,22). The Hall–Kier alpha value is -2.82. The lowest BCUT2D eigenvalue weighted by Gasteiger charge is -2.07. The van der Waals surface area contributed by atoms with E-state index in [1.54, 1.807) is 13.1 Å². The molecule has 0 aliphatic heterocycles. The molecule has 0 saturated heterocycles. The molecule has 5 nitrogen and oxygen atoms in total. The highest BCUT2D eigenvalue weighted by Gasteiger charge is 2.08. The Balaban J connectivity index is 1.58. The van der Waals surface area contributed by atoms with E-state index in [9.17, 15) is 9.59 Å². The number of hydrogen-bond donors (Lipinski definition) is 1. The Morgan fingerprint density at radius 3 is 2.79 bits per heavy atom. The molecular formula is C19H20N2O3. The van der Waals surface area contributed by atoms with E-state index in [-0.39, 0.29) is 11.7 Å². The van der Waals surface area contributed by atoms with Crippen LogP contribution in [0.5, 0.6) is 0 Å². The molecular weight excluding hydrogens is 304 g/mol. The highest BCUT2D eigenvalue weighted by molar-refractivity contribution is 5.79. The van der Waals surface area contributed by atoms with Gasteiger partial charge in [-0.1, -0.05) is 30.3 Å². The normalized spacial score (nSPS) is 10.9. The fraction of sp³-hybridized carbons (Fsp3) is 0.263. The highest BCUT2D eigenvalue weighted by Crippen LogP contribution is 2.14. The number of rotatable bonds is 5. The molecule has 0 saturated carbocycles. The summed E-state index contributed by atoms with van der Waals surface area (Å²) in [6, 6.07) is 13.5. The number of aromatic nitrogens is 1. The van der Waals surface area contributed by atoms with Gasteiger partial charge in [0, 0.05) is 13.6 Å². The Kier molecular flexibility index (Phi) is 4.51. The van der Waals surface area contributed by atoms with Crippen LogP contribution in [0.4, 0.5) is 0 Å². The van der Waals surface area contributed by atoms with E-state index >= 15 is 0 Å². The molecule has 0 radical (unpaired) electrons. The smallest absolute Gasteiger partial charge is 0.408 e. The largest absolute Gasteiger partial charge is 0.419 e. The summed E-state index contributed by atoms with van der Waals surface area (Å²) in [7, 11) is 1.68. The molecule has 24 heavy (non-hydrogen) atoms. The molecule has 0 fully saturated rings. The van der Waals surface area contributed by atoms with Crippen molar-refractivity contribution in [2.75, 3.05) is 6.54 Å². The van der Waals surface area contributed by atoms with Crippen LogP contribution in [0, 0.1) is 6.92 Å². The molecule has 1 amide bonds. The summed E-state index contributed by atoms with van der Waals surface area (Å²) in [5.41, 5.74) is 4.57. The zero-order chi connectivity index (χ0) is 17.1. The van der Waals surface area contributed by atoms with Gasteiger partial charge in [-0.2, -0.15) is 0 Å². The minimum absolute atomic E-state index is 0.0149. The van der Waals surface area contributed by atoms with Gasteiger partial charge in [0.25, 0.3) is 0 Å². The molecule has 3 aromatic rings. The third kappa shape index (κ3) is 3.40. The number of benzene rings is 2. The topological polar surface area (TPSA) is 64.2 Å². The minimum atomic E-state index is -0.367. The van der Waals surface area contributed by atoms with E-state index in [4.69, 9.17) is 4.42 Å². The number of carbonyl (C=O) groups excluding carboxylic acids is 1. The van der Waals surface area contributed by atoms with Crippen molar-refractivity contribution in [2.45, 2.75) is 19.8 Å². The van der Waals surface area contributed by atoms with Crippen LogP contribution in [0.1, 0.15) is 16.7 Å². The van der Waals surface area contributed by atoms with Crippen LogP contribution in [0.25, 0.3) is 11.1 Å². The number of nitrogens with one attached hydrogen (secondary N) is 1. The van der Waals surface area contributed by atoms with E-state index < -0.39 is 0 Å². The first-order valence-electron chi connectivity index (χ1n) is 7.94. The molecule has 0 aliphatic rings. The number of fused-ring (bicyclic) bond motifs is 1. The average Bonchev–Trinajstić information content (AvgIpc) is 2.84. The fourth-order valence-corrected chi connectivity index (χ4v) is 2.72. The third-order valence-electron chi connectivity index (χ3n) is 4.20. The van der Waals surface area contributed by atoms with Gasteiger partial charge >= 0.3 is 5.76 Å². The van der Waals surface area contributed by atoms with Gasteiger partial charge in [0.15, 0.2) is 5.58 Å². The summed E-state index contributed by atoms with van der Waals surface area (Å²) in [6.45, 7) is 2.56. The number of carbonyl (C=O) groups is 1. The second kappa shape index (κ2) is 6.74. The summed E-state index contributed by atoms with van der Waals surface area (Å²) >= 11 is 0. The molecule has 5 heteroatoms. The van der Waals surface area contributed by atoms with Crippen LogP contribution in [0.15, 0.2) is 51.7 Å². The highest BCUT2D eigenvalue weighted by atomic mass is 16.4. The summed E-state index contributed by atoms with van der Waals surface area (Å²) < 4.78 is 6.59. The summed E-state index contributed by atoms with van der Waals surface area (Å²) in [5, 5.41) is 2.94. The lowest BCUT2D eigenvalue weighted by molar-refractivity contribution is -0.120. The van der Waals surface area contributed by atoms with E-state index in [0.29, 0.717) is 25.0 Å². The van der Waals surface area contributed by atoms with Crippen LogP contribution in [0.3, 0.4) is 0 Å². The summed E-state index contributed by atoms with van der Waals surface area (Å²) in [4.78, 5) is 23.5. The van der Waals surface area contributed by atoms with Crippen molar-refractivity contribution in [1.82, 2.24) is 9.88 Å². The Morgan fingerprint density at radius 1 is 1.21 bits per heavy atom. The predicted molar refractivity (Wildman–Crippen MR) is 93.1 cm³/mol. The predicted octanol–water partition coefficient (Wildman–Crippen LogP) is 2.34. The molecule has 1 aromatic heterocycles. The summed E-state index contributed by atoms with van der Waals surface area (Å²) in [5.74, 6) is -0.352. The van der Waals surface area contributed by atoms with Crippen LogP contribution in [0.2, 0.25) is 0 Å². The van der Waals surface area contributed by atoms with Crippen LogP contribution < -0.4 is 11.1 Å². The van der Waals surface area contributed by atoms with Gasteiger partial charge < -0.3 is 9.73 Å². The maximum atomic E-state index is 12.1. The van der Waals surface area contributed by atoms with Crippen molar-refractivity contribution in [1.29, 1.82) is 0 Å². The zero-order valence-electron chi connectivity index (χ0n) is 13.8. The maximum absolute atomic E-state index is 12.1. The Bertz CT molecular complexity index is 937. The first-order chi connectivity index (χ1) is 11.5. The first-order valence-corrected chi connectivity index (χ1v) is 7.94. The van der Waals surface area contributed by atoms with Crippen molar-refractivity contribution in [3.8, 4) is 0 Å². The van der Waals surface area contributed by atoms with E-state index in [0.717, 1.165) is 22.2 Å². The zero-order valence-corrected chi connectivity index (χ0v) is 13.8. The number of amides is 1. The van der Waals surface area contributed by atoms with Gasteiger partial charge in [-0.25, -0.2) is 4.79 Å². The first kappa shape index (κ1) is 16.1. The molecule has 0 unspecified atom stereocenters. The molecule has 0 spiro atoms. The fourth-order valence-electron chi connectivity index (χ4n) is 2.72. The van der Waals surface area contributed by atoms with Crippen LogP contribution >= 0.6 is 0 Å². The van der Waals surface area contributed by atoms with Gasteiger partial charge in [0.1, 0.15) is 0 Å². The SMILES string of the molecule is Cc1ccccc1CC(=O)NCCc1ccc2oc(=O)n(C)c2c1. The monoisotopic (exact) mass is 324 g/mol. The van der Waals surface area contributed by atoms with Crippen molar-refractivity contribution < 1.29 is 9.21 Å². The lowest BCUT2D eigenvalue weighted by atomic mass is 10.1. The second-order valence-corrected chi connectivity index (χ2v) is 5.93. The quantitative estimate of drug-likeness (QED) is 0.783. The summed E-state index contributed by atoms with van der Waals surface area (Å²) in [6.07, 6.45) is 1.09. The number of nitrogens with zero attached hydrogens (tertiary/aromatic N) is 1. The van der Waals surface area contributed by atoms with Gasteiger partial charge in [0.2, 0.25) is 5.91 Å². The van der Waals surface area contributed by atoms with Gasteiger partial charge in [-0.3, -0.25) is 9.36 Å².